The van der Waals surface area contributed by atoms with Crippen molar-refractivity contribution in [3.05, 3.63) is 34.0 Å². The zero-order chi connectivity index (χ0) is 23.8. The molecule has 1 fully saturated rings. The summed E-state index contributed by atoms with van der Waals surface area (Å²) in [5.41, 5.74) is 2.32. The van der Waals surface area contributed by atoms with Gasteiger partial charge in [-0.3, -0.25) is 4.99 Å². The number of aliphatic imine (C=N–C) groups is 1. The van der Waals surface area contributed by atoms with Crippen molar-refractivity contribution in [3.63, 3.8) is 0 Å². The summed E-state index contributed by atoms with van der Waals surface area (Å²) in [5, 5.41) is 3.82. The van der Waals surface area contributed by atoms with E-state index in [2.05, 4.69) is 22.5 Å². The zero-order valence-electron chi connectivity index (χ0n) is 22.0. The van der Waals surface area contributed by atoms with Crippen molar-refractivity contribution < 1.29 is 11.6 Å². The number of nitrogens with one attached hydrogen (secondary N) is 1. The van der Waals surface area contributed by atoms with Crippen LogP contribution in [0.2, 0.25) is 0 Å². The smallest absolute Gasteiger partial charge is 0.192 e. The number of nitrogens with zero attached hydrogens (tertiary/aromatic N) is 1. The topological polar surface area (TPSA) is 33.6 Å². The first-order valence-corrected chi connectivity index (χ1v) is 11.5. The second kappa shape index (κ2) is 7.05. The Labute approximate surface area is 181 Å². The van der Waals surface area contributed by atoms with E-state index in [1.807, 2.05) is 20.8 Å². The Kier molecular flexibility index (Phi) is 3.55. The first-order valence-electron chi connectivity index (χ1n) is 13.2. The molecule has 0 radical (unpaired) electrons. The molecular weight excluding hydrogens is 364 g/mol. The number of rotatable bonds is 2. The second-order valence-electron chi connectivity index (χ2n) is 9.69. The summed E-state index contributed by atoms with van der Waals surface area (Å²) in [6.07, 6.45) is 6.98. The van der Waals surface area contributed by atoms with Crippen molar-refractivity contribution in [2.24, 2.45) is 22.2 Å². The Morgan fingerprint density at radius 2 is 2.25 bits per heavy atom. The molecule has 5 aliphatic rings. The van der Waals surface area contributed by atoms with Crippen LogP contribution in [0.4, 0.5) is 0 Å². The summed E-state index contributed by atoms with van der Waals surface area (Å²) in [5.74, 6) is 1.62. The molecule has 28 heavy (non-hydrogen) atoms. The van der Waals surface area contributed by atoms with Crippen molar-refractivity contribution in [2.45, 2.75) is 83.6 Å². The third-order valence-electron chi connectivity index (χ3n) is 6.47. The van der Waals surface area contributed by atoms with E-state index in [1.165, 1.54) is 11.1 Å². The van der Waals surface area contributed by atoms with Gasteiger partial charge in [-0.25, -0.2) is 0 Å². The van der Waals surface area contributed by atoms with Crippen LogP contribution >= 0.6 is 11.8 Å². The van der Waals surface area contributed by atoms with E-state index < -0.39 is 18.6 Å². The fraction of sp³-hybridized carbons (Fsp3) is 0.708. The van der Waals surface area contributed by atoms with E-state index in [9.17, 15) is 0 Å². The highest BCUT2D eigenvalue weighted by Gasteiger charge is 2.47. The SMILES string of the molecule is [2H]C([2H])([2H])C1=NC2OC3=C([C@@H]4NCC=C5C=C(C([2H])([2H])C(C)(C)C)SC54)CCCC3C2CC1. The van der Waals surface area contributed by atoms with Crippen molar-refractivity contribution in [1.82, 2.24) is 5.32 Å². The molecule has 4 heteroatoms. The zero-order valence-corrected chi connectivity index (χ0v) is 17.9. The third-order valence-corrected chi connectivity index (χ3v) is 7.75. The van der Waals surface area contributed by atoms with Crippen LogP contribution in [0.15, 0.2) is 39.0 Å². The molecular formula is C24H34N2OS. The van der Waals surface area contributed by atoms with Crippen LogP contribution in [0.25, 0.3) is 0 Å². The van der Waals surface area contributed by atoms with Gasteiger partial charge in [0.1, 0.15) is 5.76 Å². The first kappa shape index (κ1) is 14.1. The second-order valence-corrected chi connectivity index (χ2v) is 10.9. The lowest BCUT2D eigenvalue weighted by molar-refractivity contribution is 0.128. The van der Waals surface area contributed by atoms with E-state index >= 15 is 0 Å². The maximum atomic E-state index is 8.77. The highest BCUT2D eigenvalue weighted by Crippen LogP contribution is 2.51. The molecule has 0 saturated carbocycles. The van der Waals surface area contributed by atoms with Crippen LogP contribution in [0, 0.1) is 17.3 Å². The van der Waals surface area contributed by atoms with Crippen molar-refractivity contribution in [1.29, 1.82) is 0 Å². The maximum Gasteiger partial charge on any atom is 0.192 e. The molecule has 0 bridgehead atoms. The van der Waals surface area contributed by atoms with E-state index in [0.29, 0.717) is 18.1 Å². The van der Waals surface area contributed by atoms with Gasteiger partial charge in [-0.1, -0.05) is 26.8 Å². The minimum atomic E-state index is -2.14. The normalized spacial score (nSPS) is 41.0. The summed E-state index contributed by atoms with van der Waals surface area (Å²) in [4.78, 5) is 5.37. The summed E-state index contributed by atoms with van der Waals surface area (Å²) < 4.78 is 47.2. The first-order chi connectivity index (χ1) is 15.4. The number of hydrogen-bond donors (Lipinski definition) is 1. The van der Waals surface area contributed by atoms with E-state index in [-0.39, 0.29) is 23.4 Å². The Morgan fingerprint density at radius 3 is 3.07 bits per heavy atom. The number of allylic oxidation sites excluding steroid dienone is 3. The predicted molar refractivity (Wildman–Crippen MR) is 118 cm³/mol. The number of ether oxygens (including phenoxy) is 1. The molecule has 3 nitrogen and oxygen atoms in total. The molecule has 0 amide bonds. The molecule has 152 valence electrons. The highest BCUT2D eigenvalue weighted by atomic mass is 32.2. The monoisotopic (exact) mass is 403 g/mol. The van der Waals surface area contributed by atoms with Crippen LogP contribution in [-0.2, 0) is 4.74 Å². The quantitative estimate of drug-likeness (QED) is 0.651. The number of fused-ring (bicyclic) bond motifs is 4. The molecule has 4 aliphatic heterocycles. The molecule has 1 aliphatic carbocycles. The van der Waals surface area contributed by atoms with Crippen LogP contribution in [0.3, 0.4) is 0 Å². The van der Waals surface area contributed by atoms with E-state index in [4.69, 9.17) is 11.6 Å². The van der Waals surface area contributed by atoms with Gasteiger partial charge in [0.25, 0.3) is 0 Å². The van der Waals surface area contributed by atoms with Gasteiger partial charge in [-0.2, -0.15) is 0 Å². The van der Waals surface area contributed by atoms with E-state index in [0.717, 1.165) is 42.9 Å². The highest BCUT2D eigenvalue weighted by molar-refractivity contribution is 8.04. The standard InChI is InChI=1S/C24H34N2OS/c1-14-8-9-18-17-6-5-7-19(21(17)27-23(18)26-14)20-22-15(10-11-25-20)12-16(28-22)13-24(2,3)4/h10,12,17-18,20,22-23,25H,5-9,11,13H2,1-4H3/t17?,18?,20-,22?,23?/m0/s1/i1D3,13D2. The van der Waals surface area contributed by atoms with Gasteiger partial charge in [0.2, 0.25) is 0 Å². The molecule has 0 aromatic carbocycles. The van der Waals surface area contributed by atoms with Crippen LogP contribution in [0.1, 0.15) is 73.0 Å². The average Bonchev–Trinajstić information content (AvgIpc) is 3.33. The molecule has 1 N–H and O–H groups in total. The Morgan fingerprint density at radius 1 is 1.36 bits per heavy atom. The van der Waals surface area contributed by atoms with Gasteiger partial charge in [0.05, 0.1) is 5.25 Å². The van der Waals surface area contributed by atoms with E-state index in [1.54, 1.807) is 11.8 Å². The van der Waals surface area contributed by atoms with Crippen LogP contribution < -0.4 is 5.32 Å². The molecule has 0 aromatic heterocycles. The van der Waals surface area contributed by atoms with Crippen molar-refractivity contribution >= 4 is 17.5 Å². The van der Waals surface area contributed by atoms with Gasteiger partial charge >= 0.3 is 0 Å². The van der Waals surface area contributed by atoms with Gasteiger partial charge in [-0.15, -0.1) is 11.8 Å². The predicted octanol–water partition coefficient (Wildman–Crippen LogP) is 5.60. The summed E-state index contributed by atoms with van der Waals surface area (Å²) in [6.45, 7) is 4.49. The fourth-order valence-electron chi connectivity index (χ4n) is 5.35. The van der Waals surface area contributed by atoms with Crippen LogP contribution in [0.5, 0.6) is 0 Å². The van der Waals surface area contributed by atoms with Crippen LogP contribution in [-0.4, -0.2) is 29.8 Å². The molecule has 0 spiro atoms. The molecule has 5 atom stereocenters. The lowest BCUT2D eigenvalue weighted by Gasteiger charge is -2.35. The molecule has 1 saturated heterocycles. The largest absolute Gasteiger partial charge is 0.472 e. The Hall–Kier alpha value is -1.00. The summed E-state index contributed by atoms with van der Waals surface area (Å²) >= 11 is 1.66. The number of thioether (sulfide) groups is 1. The fourth-order valence-corrected chi connectivity index (χ4v) is 6.89. The Bertz CT molecular complexity index is 959. The van der Waals surface area contributed by atoms with Gasteiger partial charge < -0.3 is 10.1 Å². The molecule has 0 aromatic rings. The summed E-state index contributed by atoms with van der Waals surface area (Å²) in [6, 6.07) is 0.100. The third kappa shape index (κ3) is 3.41. The Balaban J connectivity index is 1.44. The average molecular weight is 404 g/mol. The van der Waals surface area contributed by atoms with Gasteiger partial charge in [0.15, 0.2) is 6.23 Å². The van der Waals surface area contributed by atoms with Crippen molar-refractivity contribution in [2.75, 3.05) is 6.54 Å². The van der Waals surface area contributed by atoms with Crippen molar-refractivity contribution in [3.8, 4) is 0 Å². The molecule has 4 heterocycles. The van der Waals surface area contributed by atoms with Gasteiger partial charge in [-0.05, 0) is 72.9 Å². The lowest BCUT2D eigenvalue weighted by Crippen LogP contribution is -2.44. The minimum absolute atomic E-state index is 0.100. The van der Waals surface area contributed by atoms with Gasteiger partial charge in [0, 0.05) is 37.0 Å². The molecule has 4 unspecified atom stereocenters. The summed E-state index contributed by atoms with van der Waals surface area (Å²) in [7, 11) is 0. The minimum Gasteiger partial charge on any atom is -0.472 e. The number of hydrogen-bond acceptors (Lipinski definition) is 4. The maximum absolute atomic E-state index is 8.77. The lowest BCUT2D eigenvalue weighted by atomic mass is 9.76. The molecule has 5 rings (SSSR count).